The van der Waals surface area contributed by atoms with Gasteiger partial charge in [0.25, 0.3) is 11.5 Å². The van der Waals surface area contributed by atoms with Gasteiger partial charge in [-0.2, -0.15) is 0 Å². The summed E-state index contributed by atoms with van der Waals surface area (Å²) in [4.78, 5) is 26.5. The highest BCUT2D eigenvalue weighted by atomic mass is 16.5. The third kappa shape index (κ3) is 3.20. The highest BCUT2D eigenvalue weighted by Crippen LogP contribution is 2.27. The number of nitrogens with zero attached hydrogens (tertiary/aromatic N) is 2. The second kappa shape index (κ2) is 6.91. The molecule has 1 fully saturated rings. The highest BCUT2D eigenvalue weighted by molar-refractivity contribution is 5.94. The van der Waals surface area contributed by atoms with Crippen molar-refractivity contribution >= 4 is 5.91 Å². The number of aromatic nitrogens is 1. The smallest absolute Gasteiger partial charge is 0.254 e. The van der Waals surface area contributed by atoms with Gasteiger partial charge in [-0.1, -0.05) is 18.2 Å². The van der Waals surface area contributed by atoms with Crippen molar-refractivity contribution < 1.29 is 9.53 Å². The predicted octanol–water partition coefficient (Wildman–Crippen LogP) is 2.24. The van der Waals surface area contributed by atoms with Crippen LogP contribution in [0.5, 0.6) is 5.75 Å². The highest BCUT2D eigenvalue weighted by Gasteiger charge is 2.30. The van der Waals surface area contributed by atoms with Gasteiger partial charge in [0, 0.05) is 37.5 Å². The van der Waals surface area contributed by atoms with Crippen molar-refractivity contribution in [3.8, 4) is 5.75 Å². The van der Waals surface area contributed by atoms with Gasteiger partial charge in [0.1, 0.15) is 5.75 Å². The number of carbonyl (C=O) groups excluding carboxylic acids is 1. The fraction of sp³-hybridized carbons (Fsp3) is 0.368. The molecule has 5 nitrogen and oxygen atoms in total. The monoisotopic (exact) mass is 326 g/mol. The lowest BCUT2D eigenvalue weighted by molar-refractivity contribution is 0.0735. The fourth-order valence-electron chi connectivity index (χ4n) is 3.29. The van der Waals surface area contributed by atoms with Gasteiger partial charge in [-0.25, -0.2) is 0 Å². The molecule has 0 aliphatic carbocycles. The van der Waals surface area contributed by atoms with Gasteiger partial charge in [0.15, 0.2) is 0 Å². The Morgan fingerprint density at radius 3 is 2.83 bits per heavy atom. The number of hydrogen-bond donors (Lipinski definition) is 0. The Morgan fingerprint density at radius 1 is 1.29 bits per heavy atom. The number of hydrogen-bond acceptors (Lipinski definition) is 3. The number of methoxy groups -OCH3 is 1. The zero-order chi connectivity index (χ0) is 17.1. The molecule has 0 radical (unpaired) electrons. The van der Waals surface area contributed by atoms with Gasteiger partial charge in [-0.05, 0) is 37.0 Å². The summed E-state index contributed by atoms with van der Waals surface area (Å²) in [7, 11) is 3.34. The van der Waals surface area contributed by atoms with E-state index >= 15 is 0 Å². The molecule has 0 bridgehead atoms. The normalized spacial score (nSPS) is 17.1. The summed E-state index contributed by atoms with van der Waals surface area (Å²) in [5, 5.41) is 0. The van der Waals surface area contributed by atoms with E-state index in [1.807, 2.05) is 29.2 Å². The average molecular weight is 326 g/mol. The van der Waals surface area contributed by atoms with Gasteiger partial charge in [-0.3, -0.25) is 9.59 Å². The van der Waals surface area contributed by atoms with E-state index in [1.165, 1.54) is 10.6 Å². The second-order valence-corrected chi connectivity index (χ2v) is 6.18. The topological polar surface area (TPSA) is 51.5 Å². The first kappa shape index (κ1) is 16.3. The Kier molecular flexibility index (Phi) is 4.69. The lowest BCUT2D eigenvalue weighted by Crippen LogP contribution is -2.37. The van der Waals surface area contributed by atoms with Crippen molar-refractivity contribution in [3.63, 3.8) is 0 Å². The molecule has 0 spiro atoms. The Morgan fingerprint density at radius 2 is 2.08 bits per heavy atom. The summed E-state index contributed by atoms with van der Waals surface area (Å²) in [6.07, 6.45) is 4.35. The quantitative estimate of drug-likeness (QED) is 0.866. The standard InChI is InChI=1S/C19H22N2O3/c1-20-11-9-15(13-18(20)22)19(23)21-10-5-7-16(21)12-14-6-3-4-8-17(14)24-2/h3-4,6,8-9,11,13,16H,5,7,10,12H2,1-2H3/t16-/m0/s1. The lowest BCUT2D eigenvalue weighted by Gasteiger charge is -2.25. The molecule has 1 aliphatic rings. The van der Waals surface area contributed by atoms with Crippen LogP contribution in [0.1, 0.15) is 28.8 Å². The molecule has 126 valence electrons. The van der Waals surface area contributed by atoms with Crippen molar-refractivity contribution in [1.82, 2.24) is 9.47 Å². The number of ether oxygens (including phenoxy) is 1. The number of carbonyl (C=O) groups is 1. The van der Waals surface area contributed by atoms with E-state index < -0.39 is 0 Å². The maximum Gasteiger partial charge on any atom is 0.254 e. The van der Waals surface area contributed by atoms with E-state index in [0.717, 1.165) is 37.1 Å². The summed E-state index contributed by atoms with van der Waals surface area (Å²) in [5.41, 5.74) is 1.40. The number of pyridine rings is 1. The minimum absolute atomic E-state index is 0.0647. The summed E-state index contributed by atoms with van der Waals surface area (Å²) in [5.74, 6) is 0.787. The molecule has 3 rings (SSSR count). The van der Waals surface area contributed by atoms with Crippen LogP contribution in [-0.2, 0) is 13.5 Å². The molecule has 24 heavy (non-hydrogen) atoms. The summed E-state index contributed by atoms with van der Waals surface area (Å²) in [6, 6.07) is 11.2. The van der Waals surface area contributed by atoms with Crippen LogP contribution in [0.25, 0.3) is 0 Å². The molecular weight excluding hydrogens is 304 g/mol. The predicted molar refractivity (Wildman–Crippen MR) is 92.4 cm³/mol. The van der Waals surface area contributed by atoms with Crippen LogP contribution in [0, 0.1) is 0 Å². The first-order valence-electron chi connectivity index (χ1n) is 8.19. The van der Waals surface area contributed by atoms with Crippen LogP contribution in [0.2, 0.25) is 0 Å². The summed E-state index contributed by atoms with van der Waals surface area (Å²) >= 11 is 0. The second-order valence-electron chi connectivity index (χ2n) is 6.18. The zero-order valence-corrected chi connectivity index (χ0v) is 14.1. The number of amides is 1. The number of aryl methyl sites for hydroxylation is 1. The van der Waals surface area contributed by atoms with Crippen molar-refractivity contribution in [1.29, 1.82) is 0 Å². The molecule has 1 saturated heterocycles. The molecule has 1 amide bonds. The van der Waals surface area contributed by atoms with Gasteiger partial charge in [0.2, 0.25) is 0 Å². The van der Waals surface area contributed by atoms with Crippen LogP contribution in [0.3, 0.4) is 0 Å². The number of rotatable bonds is 4. The molecule has 1 aromatic heterocycles. The molecule has 1 aliphatic heterocycles. The average Bonchev–Trinajstić information content (AvgIpc) is 3.05. The van der Waals surface area contributed by atoms with E-state index in [1.54, 1.807) is 26.4 Å². The van der Waals surface area contributed by atoms with E-state index in [2.05, 4.69) is 0 Å². The molecule has 5 heteroatoms. The number of likely N-dealkylation sites (tertiary alicyclic amines) is 1. The molecule has 2 heterocycles. The molecular formula is C19H22N2O3. The van der Waals surface area contributed by atoms with Gasteiger partial charge in [0.05, 0.1) is 7.11 Å². The molecule has 0 saturated carbocycles. The molecule has 0 unspecified atom stereocenters. The fourth-order valence-corrected chi connectivity index (χ4v) is 3.29. The third-order valence-corrected chi connectivity index (χ3v) is 4.64. The van der Waals surface area contributed by atoms with Crippen molar-refractivity contribution in [2.24, 2.45) is 7.05 Å². The van der Waals surface area contributed by atoms with Crippen molar-refractivity contribution in [2.45, 2.75) is 25.3 Å². The largest absolute Gasteiger partial charge is 0.496 e. The van der Waals surface area contributed by atoms with E-state index in [4.69, 9.17) is 4.74 Å². The summed E-state index contributed by atoms with van der Waals surface area (Å²) in [6.45, 7) is 0.730. The van der Waals surface area contributed by atoms with Gasteiger partial charge in [-0.15, -0.1) is 0 Å². The maximum absolute atomic E-state index is 12.8. The zero-order valence-electron chi connectivity index (χ0n) is 14.1. The number of benzene rings is 1. The van der Waals surface area contributed by atoms with E-state index in [-0.39, 0.29) is 17.5 Å². The summed E-state index contributed by atoms with van der Waals surface area (Å²) < 4.78 is 6.88. The SMILES string of the molecule is COc1ccccc1C[C@@H]1CCCN1C(=O)c1ccn(C)c(=O)c1. The molecule has 2 aromatic rings. The van der Waals surface area contributed by atoms with E-state index in [0.29, 0.717) is 5.56 Å². The van der Waals surface area contributed by atoms with Crippen LogP contribution >= 0.6 is 0 Å². The molecule has 0 N–H and O–H groups in total. The Balaban J connectivity index is 1.81. The van der Waals surface area contributed by atoms with Crippen LogP contribution in [-0.4, -0.2) is 35.1 Å². The maximum atomic E-state index is 12.8. The van der Waals surface area contributed by atoms with Gasteiger partial charge >= 0.3 is 0 Å². The van der Waals surface area contributed by atoms with Crippen LogP contribution in [0.15, 0.2) is 47.4 Å². The first-order valence-corrected chi connectivity index (χ1v) is 8.19. The Labute approximate surface area is 141 Å². The van der Waals surface area contributed by atoms with Crippen molar-refractivity contribution in [2.75, 3.05) is 13.7 Å². The van der Waals surface area contributed by atoms with E-state index in [9.17, 15) is 9.59 Å². The lowest BCUT2D eigenvalue weighted by atomic mass is 10.0. The molecule has 1 aromatic carbocycles. The van der Waals surface area contributed by atoms with Crippen molar-refractivity contribution in [3.05, 3.63) is 64.1 Å². The Hall–Kier alpha value is -2.56. The Bertz CT molecular complexity index is 797. The van der Waals surface area contributed by atoms with Crippen LogP contribution < -0.4 is 10.3 Å². The minimum atomic E-state index is -0.165. The minimum Gasteiger partial charge on any atom is -0.496 e. The third-order valence-electron chi connectivity index (χ3n) is 4.64. The van der Waals surface area contributed by atoms with Gasteiger partial charge < -0.3 is 14.2 Å². The first-order chi connectivity index (χ1) is 11.6. The number of para-hydroxylation sites is 1. The van der Waals surface area contributed by atoms with Crippen LogP contribution in [0.4, 0.5) is 0 Å². The molecule has 1 atom stereocenters.